The van der Waals surface area contributed by atoms with Gasteiger partial charge in [-0.3, -0.25) is 9.59 Å². The molecule has 0 aromatic heterocycles. The number of amides is 2. The second-order valence-electron chi connectivity index (χ2n) is 9.17. The Kier molecular flexibility index (Phi) is 8.10. The van der Waals surface area contributed by atoms with Crippen LogP contribution < -0.4 is 25.3 Å². The summed E-state index contributed by atoms with van der Waals surface area (Å²) < 4.78 is 0. The van der Waals surface area contributed by atoms with E-state index in [0.717, 1.165) is 57.5 Å². The average molecular weight is 418 g/mol. The van der Waals surface area contributed by atoms with Crippen molar-refractivity contribution in [2.45, 2.75) is 44.2 Å². The third-order valence-corrected chi connectivity index (χ3v) is 6.66. The highest BCUT2D eigenvalue weighted by molar-refractivity contribution is 6.35. The van der Waals surface area contributed by atoms with Gasteiger partial charge in [0.05, 0.1) is 13.6 Å². The van der Waals surface area contributed by atoms with E-state index in [1.165, 1.54) is 16.9 Å². The third kappa shape index (κ3) is 6.19. The number of carbonyl (C=O) groups excluding carboxylic acids is 2. The summed E-state index contributed by atoms with van der Waals surface area (Å²) in [6, 6.07) is 8.87. The Morgan fingerprint density at radius 2 is 1.63 bits per heavy atom. The van der Waals surface area contributed by atoms with E-state index in [0.29, 0.717) is 6.54 Å². The molecule has 30 heavy (non-hydrogen) atoms. The number of likely N-dealkylation sites (N-methyl/N-ethyl adjacent to an activating group) is 1. The minimum Gasteiger partial charge on any atom is -0.378 e. The molecule has 7 nitrogen and oxygen atoms in total. The lowest BCUT2D eigenvalue weighted by molar-refractivity contribution is -1.02. The standard InChI is InChI=1S/C23H37N5O2/c1-26(2)20-11-9-18(10-12-20)21(28-15-13-27(3)14-16-28)17-24-22(29)23(30)25-19-7-5-4-6-8-19/h9-12,19,21H,4-8,13-17H2,1-3H3,(H,24,29)(H,25,30)/p+2/t21-/m0/s1. The van der Waals surface area contributed by atoms with Gasteiger partial charge in [0, 0.05) is 31.4 Å². The number of rotatable bonds is 6. The van der Waals surface area contributed by atoms with Crippen LogP contribution in [0.1, 0.15) is 43.7 Å². The molecule has 2 fully saturated rings. The number of anilines is 1. The SMILES string of the molecule is CN(C)c1ccc([C@H](CNC(=O)C(=O)NC2CCCCC2)[NH+]2CC[NH+](C)CC2)cc1. The Hall–Kier alpha value is -2.12. The maximum absolute atomic E-state index is 12.5. The van der Waals surface area contributed by atoms with E-state index in [4.69, 9.17) is 0 Å². The van der Waals surface area contributed by atoms with Gasteiger partial charge < -0.3 is 25.3 Å². The van der Waals surface area contributed by atoms with E-state index >= 15 is 0 Å². The number of hydrogen-bond acceptors (Lipinski definition) is 3. The second-order valence-corrected chi connectivity index (χ2v) is 9.17. The molecule has 1 atom stereocenters. The Balaban J connectivity index is 1.62. The van der Waals surface area contributed by atoms with Gasteiger partial charge in [-0.25, -0.2) is 0 Å². The predicted molar refractivity (Wildman–Crippen MR) is 119 cm³/mol. The number of nitrogens with zero attached hydrogens (tertiary/aromatic N) is 1. The highest BCUT2D eigenvalue weighted by Crippen LogP contribution is 2.18. The van der Waals surface area contributed by atoms with Crippen LogP contribution in [0.15, 0.2) is 24.3 Å². The molecule has 2 amide bonds. The van der Waals surface area contributed by atoms with E-state index in [9.17, 15) is 9.59 Å². The van der Waals surface area contributed by atoms with Crippen molar-refractivity contribution < 1.29 is 19.4 Å². The van der Waals surface area contributed by atoms with Crippen LogP contribution >= 0.6 is 0 Å². The van der Waals surface area contributed by atoms with Crippen molar-refractivity contribution in [3.63, 3.8) is 0 Å². The number of hydrogen-bond donors (Lipinski definition) is 4. The van der Waals surface area contributed by atoms with Crippen molar-refractivity contribution in [2.75, 3.05) is 58.8 Å². The van der Waals surface area contributed by atoms with Crippen molar-refractivity contribution in [3.8, 4) is 0 Å². The topological polar surface area (TPSA) is 70.3 Å². The van der Waals surface area contributed by atoms with Crippen molar-refractivity contribution >= 4 is 17.5 Å². The summed E-state index contributed by atoms with van der Waals surface area (Å²) in [5.41, 5.74) is 2.37. The largest absolute Gasteiger partial charge is 0.378 e. The van der Waals surface area contributed by atoms with E-state index in [-0.39, 0.29) is 12.1 Å². The van der Waals surface area contributed by atoms with Gasteiger partial charge in [-0.1, -0.05) is 31.4 Å². The second kappa shape index (κ2) is 10.8. The number of benzene rings is 1. The Labute approximate surface area is 180 Å². The first-order valence-electron chi connectivity index (χ1n) is 11.5. The quantitative estimate of drug-likeness (QED) is 0.438. The van der Waals surface area contributed by atoms with E-state index in [1.54, 1.807) is 4.90 Å². The highest BCUT2D eigenvalue weighted by Gasteiger charge is 2.30. The summed E-state index contributed by atoms with van der Waals surface area (Å²) in [6.07, 6.45) is 5.45. The fourth-order valence-corrected chi connectivity index (χ4v) is 4.62. The monoisotopic (exact) mass is 417 g/mol. The van der Waals surface area contributed by atoms with E-state index in [1.807, 2.05) is 14.1 Å². The van der Waals surface area contributed by atoms with Gasteiger partial charge in [-0.15, -0.1) is 0 Å². The smallest absolute Gasteiger partial charge is 0.309 e. The summed E-state index contributed by atoms with van der Waals surface area (Å²) in [6.45, 7) is 4.86. The Morgan fingerprint density at radius 1 is 1.00 bits per heavy atom. The normalized spacial score (nSPS) is 23.4. The zero-order chi connectivity index (χ0) is 21.5. The number of quaternary nitrogens is 2. The highest BCUT2D eigenvalue weighted by atomic mass is 16.2. The molecule has 1 heterocycles. The van der Waals surface area contributed by atoms with E-state index < -0.39 is 11.8 Å². The predicted octanol–water partition coefficient (Wildman–Crippen LogP) is -1.23. The first-order valence-corrected chi connectivity index (χ1v) is 11.5. The molecule has 0 spiro atoms. The van der Waals surface area contributed by atoms with Gasteiger partial charge in [-0.2, -0.15) is 0 Å². The number of carbonyl (C=O) groups is 2. The summed E-state index contributed by atoms with van der Waals surface area (Å²) in [5.74, 6) is -0.990. The lowest BCUT2D eigenvalue weighted by Gasteiger charge is -2.33. The molecule has 1 saturated carbocycles. The molecule has 0 bridgehead atoms. The molecular formula is C23H39N5O2+2. The van der Waals surface area contributed by atoms with Crippen LogP contribution in [0.2, 0.25) is 0 Å². The molecule has 1 aromatic carbocycles. The molecule has 1 aliphatic carbocycles. The summed E-state index contributed by atoms with van der Waals surface area (Å²) in [7, 11) is 6.30. The summed E-state index contributed by atoms with van der Waals surface area (Å²) >= 11 is 0. The third-order valence-electron chi connectivity index (χ3n) is 6.66. The van der Waals surface area contributed by atoms with Gasteiger partial charge in [0.2, 0.25) is 0 Å². The molecule has 0 radical (unpaired) electrons. The molecule has 1 saturated heterocycles. The van der Waals surface area contributed by atoms with Crippen molar-refractivity contribution in [3.05, 3.63) is 29.8 Å². The minimum atomic E-state index is -0.505. The summed E-state index contributed by atoms with van der Waals surface area (Å²) in [5, 5.41) is 5.85. The van der Waals surface area contributed by atoms with Crippen LogP contribution in [0.3, 0.4) is 0 Å². The zero-order valence-corrected chi connectivity index (χ0v) is 18.8. The van der Waals surface area contributed by atoms with Gasteiger partial charge in [0.1, 0.15) is 32.2 Å². The van der Waals surface area contributed by atoms with E-state index in [2.05, 4.69) is 46.8 Å². The average Bonchev–Trinajstić information content (AvgIpc) is 2.76. The Bertz CT molecular complexity index is 692. The molecule has 0 unspecified atom stereocenters. The first kappa shape index (κ1) is 22.6. The van der Waals surface area contributed by atoms with Crippen LogP contribution in [-0.4, -0.2) is 71.7 Å². The lowest BCUT2D eigenvalue weighted by atomic mass is 9.95. The molecular weight excluding hydrogens is 378 g/mol. The van der Waals surface area contributed by atoms with Gasteiger partial charge in [0.15, 0.2) is 0 Å². The fourth-order valence-electron chi connectivity index (χ4n) is 4.62. The van der Waals surface area contributed by atoms with Gasteiger partial charge >= 0.3 is 11.8 Å². The maximum atomic E-state index is 12.5. The first-order chi connectivity index (χ1) is 14.4. The minimum absolute atomic E-state index is 0.151. The molecule has 7 heteroatoms. The maximum Gasteiger partial charge on any atom is 0.309 e. The van der Waals surface area contributed by atoms with Crippen LogP contribution in [0, 0.1) is 0 Å². The molecule has 1 aromatic rings. The van der Waals surface area contributed by atoms with Gasteiger partial charge in [0.25, 0.3) is 0 Å². The van der Waals surface area contributed by atoms with Gasteiger partial charge in [-0.05, 0) is 25.0 Å². The molecule has 3 rings (SSSR count). The molecule has 166 valence electrons. The summed E-state index contributed by atoms with van der Waals surface area (Å²) in [4.78, 5) is 30.0. The molecule has 2 aliphatic rings. The van der Waals surface area contributed by atoms with Crippen LogP contribution in [-0.2, 0) is 9.59 Å². The Morgan fingerprint density at radius 3 is 2.23 bits per heavy atom. The van der Waals surface area contributed by atoms with Crippen molar-refractivity contribution in [1.82, 2.24) is 10.6 Å². The zero-order valence-electron chi connectivity index (χ0n) is 18.8. The molecule has 4 N–H and O–H groups in total. The van der Waals surface area contributed by atoms with Crippen LogP contribution in [0.4, 0.5) is 5.69 Å². The fraction of sp³-hybridized carbons (Fsp3) is 0.652. The number of piperazine rings is 1. The number of nitrogens with one attached hydrogen (secondary N) is 4. The lowest BCUT2D eigenvalue weighted by Crippen LogP contribution is -3.27. The molecule has 1 aliphatic heterocycles. The van der Waals surface area contributed by atoms with Crippen molar-refractivity contribution in [1.29, 1.82) is 0 Å². The van der Waals surface area contributed by atoms with Crippen molar-refractivity contribution in [2.24, 2.45) is 0 Å². The van der Waals surface area contributed by atoms with Crippen LogP contribution in [0.25, 0.3) is 0 Å². The van der Waals surface area contributed by atoms with Crippen LogP contribution in [0.5, 0.6) is 0 Å².